The molecule has 4 nitrogen and oxygen atoms in total. The number of nitrogens with zero attached hydrogens (tertiary/aromatic N) is 2. The fourth-order valence-electron chi connectivity index (χ4n) is 0.508. The van der Waals surface area contributed by atoms with Crippen LogP contribution in [0.25, 0.3) is 0 Å². The quantitative estimate of drug-likeness (QED) is 0.443. The van der Waals surface area contributed by atoms with Crippen LogP contribution in [0.4, 0.5) is 0 Å². The summed E-state index contributed by atoms with van der Waals surface area (Å²) in [7, 11) is 1.73. The Balaban J connectivity index is 2.50. The molecule has 1 rings (SSSR count). The van der Waals surface area contributed by atoms with Crippen molar-refractivity contribution in [1.82, 2.24) is 10.3 Å². The lowest BCUT2D eigenvalue weighted by atomic mass is 10.5. The second kappa shape index (κ2) is 1.81. The Hall–Kier alpha value is -1.06. The van der Waals surface area contributed by atoms with Gasteiger partial charge in [0.2, 0.25) is 0 Å². The Labute approximate surface area is 47.2 Å². The molecule has 1 aliphatic rings. The van der Waals surface area contributed by atoms with Crippen molar-refractivity contribution in [1.29, 1.82) is 0 Å². The highest BCUT2D eigenvalue weighted by atomic mass is 16.1. The standard InChI is InChI=1S/C4H7N3O/c1-7-4(2-8)5-3-6-7/h2-4H,1H3,(H,5,6). The lowest BCUT2D eigenvalue weighted by molar-refractivity contribution is -0.111. The molecule has 44 valence electrons. The van der Waals surface area contributed by atoms with Crippen LogP contribution < -0.4 is 5.32 Å². The van der Waals surface area contributed by atoms with Crippen LogP contribution in [0.5, 0.6) is 0 Å². The first-order valence-corrected chi connectivity index (χ1v) is 2.31. The zero-order chi connectivity index (χ0) is 5.98. The average Bonchev–Trinajstić information content (AvgIpc) is 2.14. The summed E-state index contributed by atoms with van der Waals surface area (Å²) in [4.78, 5) is 10.0. The molecule has 0 saturated heterocycles. The van der Waals surface area contributed by atoms with Crippen molar-refractivity contribution >= 4 is 12.6 Å². The second-order valence-corrected chi connectivity index (χ2v) is 1.57. The third kappa shape index (κ3) is 0.641. The summed E-state index contributed by atoms with van der Waals surface area (Å²) < 4.78 is 0. The molecule has 0 aromatic rings. The predicted molar refractivity (Wildman–Crippen MR) is 29.2 cm³/mol. The summed E-state index contributed by atoms with van der Waals surface area (Å²) in [6.07, 6.45) is 2.04. The molecular weight excluding hydrogens is 106 g/mol. The first-order valence-electron chi connectivity index (χ1n) is 2.31. The lowest BCUT2D eigenvalue weighted by Crippen LogP contribution is -2.34. The molecular formula is C4H7N3O. The van der Waals surface area contributed by atoms with E-state index in [9.17, 15) is 4.79 Å². The highest BCUT2D eigenvalue weighted by molar-refractivity contribution is 5.67. The van der Waals surface area contributed by atoms with Crippen molar-refractivity contribution in [3.05, 3.63) is 0 Å². The lowest BCUT2D eigenvalue weighted by Gasteiger charge is -2.10. The van der Waals surface area contributed by atoms with Crippen LogP contribution in [-0.2, 0) is 4.79 Å². The van der Waals surface area contributed by atoms with Crippen molar-refractivity contribution in [3.8, 4) is 0 Å². The monoisotopic (exact) mass is 113 g/mol. The normalized spacial score (nSPS) is 25.6. The van der Waals surface area contributed by atoms with Crippen molar-refractivity contribution in [2.45, 2.75) is 6.17 Å². The van der Waals surface area contributed by atoms with Crippen LogP contribution in [0.3, 0.4) is 0 Å². The molecule has 0 aliphatic carbocycles. The van der Waals surface area contributed by atoms with Crippen molar-refractivity contribution in [3.63, 3.8) is 0 Å². The number of hydrogen-bond acceptors (Lipinski definition) is 4. The van der Waals surface area contributed by atoms with Gasteiger partial charge in [0, 0.05) is 7.05 Å². The van der Waals surface area contributed by atoms with E-state index in [1.165, 1.54) is 6.34 Å². The van der Waals surface area contributed by atoms with E-state index in [2.05, 4.69) is 10.4 Å². The van der Waals surface area contributed by atoms with Gasteiger partial charge in [0.15, 0.2) is 12.5 Å². The van der Waals surface area contributed by atoms with Gasteiger partial charge >= 0.3 is 0 Å². The van der Waals surface area contributed by atoms with E-state index in [1.54, 1.807) is 12.1 Å². The minimum atomic E-state index is -0.255. The zero-order valence-electron chi connectivity index (χ0n) is 4.53. The molecule has 1 atom stereocenters. The second-order valence-electron chi connectivity index (χ2n) is 1.57. The number of carbonyl (C=O) groups excluding carboxylic acids is 1. The molecule has 0 fully saturated rings. The number of nitrogens with one attached hydrogen (secondary N) is 1. The Bertz CT molecular complexity index is 122. The van der Waals surface area contributed by atoms with Crippen molar-refractivity contribution in [2.24, 2.45) is 5.10 Å². The maximum Gasteiger partial charge on any atom is 0.172 e. The molecule has 0 aromatic heterocycles. The number of rotatable bonds is 1. The number of hydrogen-bond donors (Lipinski definition) is 1. The first kappa shape index (κ1) is 5.08. The molecule has 1 aliphatic heterocycles. The van der Waals surface area contributed by atoms with Gasteiger partial charge in [-0.3, -0.25) is 9.80 Å². The highest BCUT2D eigenvalue weighted by Gasteiger charge is 2.12. The minimum Gasteiger partial charge on any atom is -0.348 e. The molecule has 0 bridgehead atoms. The topological polar surface area (TPSA) is 44.7 Å². The third-order valence-electron chi connectivity index (χ3n) is 1.02. The maximum absolute atomic E-state index is 10.0. The van der Waals surface area contributed by atoms with Crippen LogP contribution in [0.15, 0.2) is 5.10 Å². The molecule has 0 spiro atoms. The zero-order valence-corrected chi connectivity index (χ0v) is 4.53. The first-order chi connectivity index (χ1) is 3.84. The highest BCUT2D eigenvalue weighted by Crippen LogP contribution is 1.92. The van der Waals surface area contributed by atoms with E-state index in [0.29, 0.717) is 0 Å². The Morgan fingerprint density at radius 2 is 2.75 bits per heavy atom. The SMILES string of the molecule is CN1N=CNC1C=O. The maximum atomic E-state index is 10.0. The summed E-state index contributed by atoms with van der Waals surface area (Å²) >= 11 is 0. The van der Waals surface area contributed by atoms with E-state index in [1.807, 2.05) is 0 Å². The summed E-state index contributed by atoms with van der Waals surface area (Å²) in [6, 6.07) is 0. The van der Waals surface area contributed by atoms with E-state index in [0.717, 1.165) is 6.29 Å². The summed E-state index contributed by atoms with van der Waals surface area (Å²) in [5.41, 5.74) is 0. The predicted octanol–water partition coefficient (Wildman–Crippen LogP) is -1.01. The summed E-state index contributed by atoms with van der Waals surface area (Å²) in [6.45, 7) is 0. The van der Waals surface area contributed by atoms with Crippen LogP contribution in [0.2, 0.25) is 0 Å². The van der Waals surface area contributed by atoms with Gasteiger partial charge in [-0.05, 0) is 0 Å². The van der Waals surface area contributed by atoms with Crippen LogP contribution in [0, 0.1) is 0 Å². The Kier molecular flexibility index (Phi) is 1.15. The van der Waals surface area contributed by atoms with Gasteiger partial charge in [-0.15, -0.1) is 0 Å². The van der Waals surface area contributed by atoms with Gasteiger partial charge in [-0.25, -0.2) is 0 Å². The van der Waals surface area contributed by atoms with Crippen molar-refractivity contribution in [2.75, 3.05) is 7.05 Å². The number of hydrazone groups is 1. The smallest absolute Gasteiger partial charge is 0.172 e. The molecule has 0 saturated carbocycles. The minimum absolute atomic E-state index is 0.255. The summed E-state index contributed by atoms with van der Waals surface area (Å²) in [5.74, 6) is 0. The van der Waals surface area contributed by atoms with E-state index < -0.39 is 0 Å². The van der Waals surface area contributed by atoms with Gasteiger partial charge < -0.3 is 5.32 Å². The number of carbonyl (C=O) groups is 1. The van der Waals surface area contributed by atoms with Crippen LogP contribution >= 0.6 is 0 Å². The van der Waals surface area contributed by atoms with E-state index in [-0.39, 0.29) is 6.17 Å². The van der Waals surface area contributed by atoms with Crippen LogP contribution in [0.1, 0.15) is 0 Å². The molecule has 1 N–H and O–H groups in total. The largest absolute Gasteiger partial charge is 0.348 e. The molecule has 4 heteroatoms. The Morgan fingerprint density at radius 1 is 2.00 bits per heavy atom. The molecule has 0 radical (unpaired) electrons. The number of aldehydes is 1. The van der Waals surface area contributed by atoms with Crippen molar-refractivity contribution < 1.29 is 4.79 Å². The van der Waals surface area contributed by atoms with Gasteiger partial charge in [0.25, 0.3) is 0 Å². The van der Waals surface area contributed by atoms with Gasteiger partial charge in [-0.2, -0.15) is 5.10 Å². The van der Waals surface area contributed by atoms with E-state index >= 15 is 0 Å². The Morgan fingerprint density at radius 3 is 3.00 bits per heavy atom. The van der Waals surface area contributed by atoms with Crippen LogP contribution in [-0.4, -0.2) is 30.8 Å². The molecule has 1 unspecified atom stereocenters. The molecule has 1 heterocycles. The van der Waals surface area contributed by atoms with E-state index in [4.69, 9.17) is 0 Å². The average molecular weight is 113 g/mol. The molecule has 0 aromatic carbocycles. The fraction of sp³-hybridized carbons (Fsp3) is 0.500. The fourth-order valence-corrected chi connectivity index (χ4v) is 0.508. The summed E-state index contributed by atoms with van der Waals surface area (Å²) in [5, 5.41) is 8.03. The van der Waals surface area contributed by atoms with Gasteiger partial charge in [0.05, 0.1) is 0 Å². The molecule has 8 heavy (non-hydrogen) atoms. The molecule has 0 amide bonds. The third-order valence-corrected chi connectivity index (χ3v) is 1.02. The van der Waals surface area contributed by atoms with Gasteiger partial charge in [0.1, 0.15) is 6.34 Å². The van der Waals surface area contributed by atoms with Gasteiger partial charge in [-0.1, -0.05) is 0 Å². The number of likely N-dealkylation sites (N-methyl/N-ethyl adjacent to an activating group) is 1.